The molecule has 1 aromatic rings. The molecule has 0 aliphatic rings. The van der Waals surface area contributed by atoms with E-state index in [1.807, 2.05) is 19.9 Å². The fourth-order valence-electron chi connectivity index (χ4n) is 1.61. The highest BCUT2D eigenvalue weighted by molar-refractivity contribution is 6.33. The van der Waals surface area contributed by atoms with Gasteiger partial charge in [0.1, 0.15) is 0 Å². The van der Waals surface area contributed by atoms with Crippen molar-refractivity contribution in [3.63, 3.8) is 0 Å². The Balaban J connectivity index is 2.53. The zero-order chi connectivity index (χ0) is 12.9. The first-order valence-corrected chi connectivity index (χ1v) is 6.63. The van der Waals surface area contributed by atoms with Gasteiger partial charge in [-0.15, -0.1) is 0 Å². The summed E-state index contributed by atoms with van der Waals surface area (Å²) in [6.45, 7) is 5.14. The molecule has 96 valence electrons. The first kappa shape index (κ1) is 14.8. The van der Waals surface area contributed by atoms with E-state index in [0.717, 1.165) is 18.4 Å². The predicted octanol–water partition coefficient (Wildman–Crippen LogP) is 3.63. The summed E-state index contributed by atoms with van der Waals surface area (Å²) in [4.78, 5) is 0. The van der Waals surface area contributed by atoms with Crippen molar-refractivity contribution in [1.82, 2.24) is 5.32 Å². The van der Waals surface area contributed by atoms with E-state index in [1.165, 1.54) is 0 Å². The molecule has 17 heavy (non-hydrogen) atoms. The number of rotatable bonds is 6. The predicted molar refractivity (Wildman–Crippen MR) is 73.7 cm³/mol. The van der Waals surface area contributed by atoms with Crippen molar-refractivity contribution in [2.24, 2.45) is 0 Å². The second-order valence-electron chi connectivity index (χ2n) is 4.27. The van der Waals surface area contributed by atoms with Gasteiger partial charge in [0.25, 0.3) is 0 Å². The Morgan fingerprint density at radius 3 is 2.47 bits per heavy atom. The quantitative estimate of drug-likeness (QED) is 0.831. The van der Waals surface area contributed by atoms with Gasteiger partial charge in [0, 0.05) is 23.1 Å². The highest BCUT2D eigenvalue weighted by atomic mass is 35.5. The molecular formula is C13H19Cl2NO. The molecule has 0 spiro atoms. The molecule has 0 fully saturated rings. The average molecular weight is 276 g/mol. The minimum Gasteiger partial charge on any atom is -0.389 e. The first-order chi connectivity index (χ1) is 8.00. The maximum atomic E-state index is 10.1. The Kier molecular flexibility index (Phi) is 5.74. The first-order valence-electron chi connectivity index (χ1n) is 5.88. The standard InChI is InChI=1S/C13H19Cl2NO/c1-3-13(17,4-2)9-16-8-10-7-11(14)5-6-12(10)15/h5-7,16-17H,3-4,8-9H2,1-2H3. The minimum absolute atomic E-state index is 0.558. The summed E-state index contributed by atoms with van der Waals surface area (Å²) in [5.41, 5.74) is 0.319. The van der Waals surface area contributed by atoms with E-state index in [-0.39, 0.29) is 0 Å². The number of hydrogen-bond acceptors (Lipinski definition) is 2. The van der Waals surface area contributed by atoms with Crippen molar-refractivity contribution < 1.29 is 5.11 Å². The van der Waals surface area contributed by atoms with Crippen LogP contribution in [0.1, 0.15) is 32.3 Å². The molecule has 0 bridgehead atoms. The highest BCUT2D eigenvalue weighted by Gasteiger charge is 2.21. The lowest BCUT2D eigenvalue weighted by atomic mass is 9.97. The van der Waals surface area contributed by atoms with Gasteiger partial charge in [0.2, 0.25) is 0 Å². The Morgan fingerprint density at radius 1 is 1.24 bits per heavy atom. The second kappa shape index (κ2) is 6.60. The van der Waals surface area contributed by atoms with E-state index in [9.17, 15) is 5.11 Å². The van der Waals surface area contributed by atoms with Crippen LogP contribution in [-0.2, 0) is 6.54 Å². The van der Waals surface area contributed by atoms with Crippen LogP contribution in [0.4, 0.5) is 0 Å². The Hall–Kier alpha value is -0.280. The summed E-state index contributed by atoms with van der Waals surface area (Å²) in [6.07, 6.45) is 1.47. The van der Waals surface area contributed by atoms with E-state index in [2.05, 4.69) is 5.32 Å². The second-order valence-corrected chi connectivity index (χ2v) is 5.11. The summed E-state index contributed by atoms with van der Waals surface area (Å²) in [7, 11) is 0. The van der Waals surface area contributed by atoms with Gasteiger partial charge in [-0.05, 0) is 36.6 Å². The summed E-state index contributed by atoms with van der Waals surface area (Å²) in [5, 5.41) is 14.7. The molecule has 0 saturated heterocycles. The van der Waals surface area contributed by atoms with Crippen LogP contribution in [0.25, 0.3) is 0 Å². The van der Waals surface area contributed by atoms with Crippen molar-refractivity contribution in [2.75, 3.05) is 6.54 Å². The summed E-state index contributed by atoms with van der Waals surface area (Å²) in [6, 6.07) is 5.39. The molecule has 0 saturated carbocycles. The molecule has 2 nitrogen and oxygen atoms in total. The van der Waals surface area contributed by atoms with Crippen molar-refractivity contribution in [2.45, 2.75) is 38.8 Å². The Labute approximate surface area is 113 Å². The molecule has 0 aromatic heterocycles. The maximum absolute atomic E-state index is 10.1. The van der Waals surface area contributed by atoms with Gasteiger partial charge in [-0.2, -0.15) is 0 Å². The lowest BCUT2D eigenvalue weighted by Crippen LogP contribution is -2.39. The van der Waals surface area contributed by atoms with Gasteiger partial charge in [-0.3, -0.25) is 0 Å². The topological polar surface area (TPSA) is 32.3 Å². The Morgan fingerprint density at radius 2 is 1.88 bits per heavy atom. The van der Waals surface area contributed by atoms with E-state index in [0.29, 0.717) is 23.1 Å². The van der Waals surface area contributed by atoms with Gasteiger partial charge in [-0.25, -0.2) is 0 Å². The maximum Gasteiger partial charge on any atom is 0.0766 e. The molecule has 1 rings (SSSR count). The van der Waals surface area contributed by atoms with Crippen LogP contribution < -0.4 is 5.32 Å². The van der Waals surface area contributed by atoms with Crippen LogP contribution in [0.3, 0.4) is 0 Å². The molecule has 0 atom stereocenters. The third-order valence-corrected chi connectivity index (χ3v) is 3.70. The summed E-state index contributed by atoms with van der Waals surface area (Å²) >= 11 is 12.0. The molecule has 0 aliphatic heterocycles. The van der Waals surface area contributed by atoms with E-state index in [4.69, 9.17) is 23.2 Å². The molecule has 0 aliphatic carbocycles. The molecule has 4 heteroatoms. The smallest absolute Gasteiger partial charge is 0.0766 e. The van der Waals surface area contributed by atoms with Crippen LogP contribution in [0.15, 0.2) is 18.2 Å². The number of halogens is 2. The number of benzene rings is 1. The largest absolute Gasteiger partial charge is 0.389 e. The van der Waals surface area contributed by atoms with Crippen LogP contribution in [-0.4, -0.2) is 17.3 Å². The van der Waals surface area contributed by atoms with E-state index >= 15 is 0 Å². The zero-order valence-corrected chi connectivity index (χ0v) is 11.8. The third-order valence-electron chi connectivity index (χ3n) is 3.09. The molecule has 0 radical (unpaired) electrons. The lowest BCUT2D eigenvalue weighted by Gasteiger charge is -2.25. The highest BCUT2D eigenvalue weighted by Crippen LogP contribution is 2.21. The van der Waals surface area contributed by atoms with Gasteiger partial charge < -0.3 is 10.4 Å². The van der Waals surface area contributed by atoms with Gasteiger partial charge in [0.05, 0.1) is 5.60 Å². The van der Waals surface area contributed by atoms with Gasteiger partial charge >= 0.3 is 0 Å². The molecule has 0 unspecified atom stereocenters. The van der Waals surface area contributed by atoms with Gasteiger partial charge in [0.15, 0.2) is 0 Å². The van der Waals surface area contributed by atoms with Crippen molar-refractivity contribution in [3.8, 4) is 0 Å². The third kappa shape index (κ3) is 4.47. The fourth-order valence-corrected chi connectivity index (χ4v) is 1.99. The summed E-state index contributed by atoms with van der Waals surface area (Å²) < 4.78 is 0. The van der Waals surface area contributed by atoms with Crippen molar-refractivity contribution in [3.05, 3.63) is 33.8 Å². The molecule has 0 heterocycles. The van der Waals surface area contributed by atoms with Crippen LogP contribution in [0.5, 0.6) is 0 Å². The number of nitrogens with one attached hydrogen (secondary N) is 1. The van der Waals surface area contributed by atoms with Crippen LogP contribution in [0.2, 0.25) is 10.0 Å². The average Bonchev–Trinajstić information content (AvgIpc) is 2.33. The monoisotopic (exact) mass is 275 g/mol. The SMILES string of the molecule is CCC(O)(CC)CNCc1cc(Cl)ccc1Cl. The number of hydrogen-bond donors (Lipinski definition) is 2. The molecule has 0 amide bonds. The molecule has 2 N–H and O–H groups in total. The normalized spacial score (nSPS) is 11.8. The zero-order valence-electron chi connectivity index (χ0n) is 10.3. The van der Waals surface area contributed by atoms with Crippen molar-refractivity contribution >= 4 is 23.2 Å². The minimum atomic E-state index is -0.634. The number of aliphatic hydroxyl groups is 1. The Bertz CT molecular complexity index is 364. The summed E-state index contributed by atoms with van der Waals surface area (Å²) in [5.74, 6) is 0. The van der Waals surface area contributed by atoms with E-state index < -0.39 is 5.60 Å². The van der Waals surface area contributed by atoms with Crippen LogP contribution >= 0.6 is 23.2 Å². The van der Waals surface area contributed by atoms with Gasteiger partial charge in [-0.1, -0.05) is 37.0 Å². The van der Waals surface area contributed by atoms with E-state index in [1.54, 1.807) is 12.1 Å². The van der Waals surface area contributed by atoms with Crippen molar-refractivity contribution in [1.29, 1.82) is 0 Å². The van der Waals surface area contributed by atoms with Crippen LogP contribution in [0, 0.1) is 0 Å². The fraction of sp³-hybridized carbons (Fsp3) is 0.538. The lowest BCUT2D eigenvalue weighted by molar-refractivity contribution is 0.0323. The molecule has 1 aromatic carbocycles. The molecular weight excluding hydrogens is 257 g/mol.